The minimum Gasteiger partial charge on any atom is -0.327 e. The van der Waals surface area contributed by atoms with Gasteiger partial charge in [-0.25, -0.2) is 0 Å². The molecular formula is C9H20ClN3. The zero-order chi connectivity index (χ0) is 8.55. The summed E-state index contributed by atoms with van der Waals surface area (Å²) >= 11 is 0. The molecule has 0 aliphatic carbocycles. The molecule has 2 fully saturated rings. The van der Waals surface area contributed by atoms with Crippen LogP contribution < -0.4 is 11.1 Å². The van der Waals surface area contributed by atoms with Crippen molar-refractivity contribution in [3.8, 4) is 0 Å². The van der Waals surface area contributed by atoms with E-state index in [0.717, 1.165) is 18.5 Å². The van der Waals surface area contributed by atoms with Crippen LogP contribution in [-0.2, 0) is 0 Å². The average Bonchev–Trinajstić information content (AvgIpc) is 2.52. The maximum atomic E-state index is 5.79. The first-order valence-electron chi connectivity index (χ1n) is 4.97. The van der Waals surface area contributed by atoms with Gasteiger partial charge in [-0.1, -0.05) is 0 Å². The van der Waals surface area contributed by atoms with E-state index in [9.17, 15) is 0 Å². The zero-order valence-corrected chi connectivity index (χ0v) is 9.02. The molecule has 2 heterocycles. The number of fused-ring (bicyclic) bond motifs is 1. The monoisotopic (exact) mass is 205 g/mol. The molecule has 4 heteroatoms. The number of likely N-dealkylation sites (tertiary alicyclic amines) is 1. The molecule has 0 bridgehead atoms. The maximum absolute atomic E-state index is 5.79. The zero-order valence-electron chi connectivity index (χ0n) is 8.20. The summed E-state index contributed by atoms with van der Waals surface area (Å²) in [6, 6.07) is 1.11. The molecule has 2 rings (SSSR count). The first-order valence-corrected chi connectivity index (χ1v) is 4.97. The van der Waals surface area contributed by atoms with E-state index in [2.05, 4.69) is 17.1 Å². The fourth-order valence-electron chi connectivity index (χ4n) is 2.54. The third-order valence-electron chi connectivity index (χ3n) is 3.08. The number of nitrogens with one attached hydrogen (secondary N) is 1. The molecule has 13 heavy (non-hydrogen) atoms. The van der Waals surface area contributed by atoms with Crippen LogP contribution in [0.1, 0.15) is 13.3 Å². The fraction of sp³-hybridized carbons (Fsp3) is 1.00. The van der Waals surface area contributed by atoms with Crippen molar-refractivity contribution in [1.82, 2.24) is 10.2 Å². The van der Waals surface area contributed by atoms with Gasteiger partial charge in [0.15, 0.2) is 0 Å². The van der Waals surface area contributed by atoms with Crippen LogP contribution in [0.25, 0.3) is 0 Å². The minimum absolute atomic E-state index is 0. The maximum Gasteiger partial charge on any atom is 0.0262 e. The number of nitrogens with zero attached hydrogens (tertiary/aromatic N) is 1. The van der Waals surface area contributed by atoms with E-state index in [1.807, 2.05) is 0 Å². The van der Waals surface area contributed by atoms with Crippen LogP contribution in [-0.4, -0.2) is 43.2 Å². The van der Waals surface area contributed by atoms with Gasteiger partial charge in [0.2, 0.25) is 0 Å². The van der Waals surface area contributed by atoms with Crippen molar-refractivity contribution in [2.75, 3.05) is 26.2 Å². The molecule has 3 N–H and O–H groups in total. The second-order valence-electron chi connectivity index (χ2n) is 4.25. The van der Waals surface area contributed by atoms with Crippen LogP contribution in [0, 0.1) is 5.92 Å². The third-order valence-corrected chi connectivity index (χ3v) is 3.08. The van der Waals surface area contributed by atoms with E-state index in [4.69, 9.17) is 5.73 Å². The largest absolute Gasteiger partial charge is 0.327 e. The Morgan fingerprint density at radius 1 is 1.54 bits per heavy atom. The van der Waals surface area contributed by atoms with Crippen molar-refractivity contribution in [2.24, 2.45) is 11.7 Å². The summed E-state index contributed by atoms with van der Waals surface area (Å²) in [5, 5.41) is 3.45. The lowest BCUT2D eigenvalue weighted by Crippen LogP contribution is -2.41. The molecule has 0 aromatic carbocycles. The normalized spacial score (nSPS) is 35.5. The summed E-state index contributed by atoms with van der Waals surface area (Å²) in [6.45, 7) is 6.83. The Labute approximate surface area is 86.4 Å². The molecule has 0 radical (unpaired) electrons. The summed E-state index contributed by atoms with van der Waals surface area (Å²) in [4.78, 5) is 2.55. The lowest BCUT2D eigenvalue weighted by Gasteiger charge is -2.24. The highest BCUT2D eigenvalue weighted by molar-refractivity contribution is 5.85. The van der Waals surface area contributed by atoms with Crippen molar-refractivity contribution in [1.29, 1.82) is 0 Å². The number of rotatable bonds is 2. The van der Waals surface area contributed by atoms with Crippen LogP contribution in [0.5, 0.6) is 0 Å². The molecule has 0 amide bonds. The van der Waals surface area contributed by atoms with E-state index < -0.39 is 0 Å². The van der Waals surface area contributed by atoms with Gasteiger partial charge in [-0.15, -0.1) is 12.4 Å². The Morgan fingerprint density at radius 2 is 2.31 bits per heavy atom. The first-order chi connectivity index (χ1) is 5.77. The van der Waals surface area contributed by atoms with Crippen molar-refractivity contribution in [3.05, 3.63) is 0 Å². The lowest BCUT2D eigenvalue weighted by atomic mass is 10.1. The minimum atomic E-state index is 0. The first kappa shape index (κ1) is 11.2. The average molecular weight is 206 g/mol. The van der Waals surface area contributed by atoms with Crippen LogP contribution in [0.4, 0.5) is 0 Å². The van der Waals surface area contributed by atoms with Gasteiger partial charge in [0.1, 0.15) is 0 Å². The lowest BCUT2D eigenvalue weighted by molar-refractivity contribution is 0.241. The molecule has 0 spiro atoms. The Balaban J connectivity index is 0.000000845. The Bertz CT molecular complexity index is 163. The molecule has 2 saturated heterocycles. The van der Waals surface area contributed by atoms with Crippen molar-refractivity contribution in [3.63, 3.8) is 0 Å². The number of hydrogen-bond acceptors (Lipinski definition) is 3. The predicted molar refractivity (Wildman–Crippen MR) is 57.2 cm³/mol. The summed E-state index contributed by atoms with van der Waals surface area (Å²) in [7, 11) is 0. The van der Waals surface area contributed by atoms with Gasteiger partial charge in [0.25, 0.3) is 0 Å². The topological polar surface area (TPSA) is 41.3 Å². The molecule has 0 aromatic heterocycles. The van der Waals surface area contributed by atoms with Gasteiger partial charge in [0.05, 0.1) is 0 Å². The Hall–Kier alpha value is 0.170. The van der Waals surface area contributed by atoms with Gasteiger partial charge >= 0.3 is 0 Å². The van der Waals surface area contributed by atoms with E-state index in [-0.39, 0.29) is 12.4 Å². The highest BCUT2D eigenvalue weighted by Gasteiger charge is 2.37. The van der Waals surface area contributed by atoms with E-state index >= 15 is 0 Å². The van der Waals surface area contributed by atoms with Crippen LogP contribution in [0.2, 0.25) is 0 Å². The van der Waals surface area contributed by atoms with E-state index in [1.54, 1.807) is 0 Å². The van der Waals surface area contributed by atoms with Crippen LogP contribution in [0.3, 0.4) is 0 Å². The van der Waals surface area contributed by atoms with Gasteiger partial charge < -0.3 is 11.1 Å². The number of hydrogen-bond donors (Lipinski definition) is 2. The van der Waals surface area contributed by atoms with Crippen molar-refractivity contribution in [2.45, 2.75) is 25.4 Å². The van der Waals surface area contributed by atoms with Crippen molar-refractivity contribution >= 4 is 12.4 Å². The fourth-order valence-corrected chi connectivity index (χ4v) is 2.54. The summed E-state index contributed by atoms with van der Waals surface area (Å²) in [6.07, 6.45) is 1.37. The molecule has 3 nitrogen and oxygen atoms in total. The molecular weight excluding hydrogens is 186 g/mol. The van der Waals surface area contributed by atoms with Crippen LogP contribution in [0.15, 0.2) is 0 Å². The van der Waals surface area contributed by atoms with E-state index in [1.165, 1.54) is 26.1 Å². The molecule has 3 atom stereocenters. The molecule has 0 saturated carbocycles. The summed E-state index contributed by atoms with van der Waals surface area (Å²) in [5.41, 5.74) is 5.79. The van der Waals surface area contributed by atoms with Gasteiger partial charge in [-0.05, 0) is 32.4 Å². The van der Waals surface area contributed by atoms with Gasteiger partial charge in [0, 0.05) is 25.2 Å². The van der Waals surface area contributed by atoms with Crippen molar-refractivity contribution < 1.29 is 0 Å². The predicted octanol–water partition coefficient (Wildman–Crippen LogP) is 0.0491. The summed E-state index contributed by atoms with van der Waals surface area (Å²) < 4.78 is 0. The third kappa shape index (κ3) is 2.34. The molecule has 1 unspecified atom stereocenters. The number of nitrogens with two attached hydrogens (primary N) is 1. The van der Waals surface area contributed by atoms with Gasteiger partial charge in [-0.2, -0.15) is 0 Å². The molecule has 2 aliphatic heterocycles. The highest BCUT2D eigenvalue weighted by atomic mass is 35.5. The Morgan fingerprint density at radius 3 is 3.00 bits per heavy atom. The van der Waals surface area contributed by atoms with Crippen LogP contribution >= 0.6 is 12.4 Å². The smallest absolute Gasteiger partial charge is 0.0262 e. The summed E-state index contributed by atoms with van der Waals surface area (Å²) in [5.74, 6) is 0.906. The molecule has 0 aromatic rings. The molecule has 78 valence electrons. The second kappa shape index (κ2) is 4.60. The van der Waals surface area contributed by atoms with E-state index in [0.29, 0.717) is 6.04 Å². The van der Waals surface area contributed by atoms with Gasteiger partial charge in [-0.3, -0.25) is 4.90 Å². The highest BCUT2D eigenvalue weighted by Crippen LogP contribution is 2.26. The SMILES string of the molecule is CC(N)CN1CC[C@H]2CNC[C@H]21.Cl. The molecule has 2 aliphatic rings. The second-order valence-corrected chi connectivity index (χ2v) is 4.25. The Kier molecular flexibility index (Phi) is 3.98. The number of halogens is 1. The standard InChI is InChI=1S/C9H19N3.ClH/c1-7(10)6-12-3-2-8-4-11-5-9(8)12;/h7-9,11H,2-6,10H2,1H3;1H/t7?,8-,9+;/m0./s1. The quantitative estimate of drug-likeness (QED) is 0.670.